The van der Waals surface area contributed by atoms with Gasteiger partial charge in [0, 0.05) is 12.7 Å². The minimum absolute atomic E-state index is 0.404. The van der Waals surface area contributed by atoms with Gasteiger partial charge in [-0.2, -0.15) is 0 Å². The predicted octanol–water partition coefficient (Wildman–Crippen LogP) is 3.13. The van der Waals surface area contributed by atoms with Gasteiger partial charge in [-0.1, -0.05) is 31.4 Å². The SMILES string of the molecule is COCc1cccc(OC)c1C1(C(=O)O)CCCCC1. The van der Waals surface area contributed by atoms with Gasteiger partial charge < -0.3 is 14.6 Å². The Labute approximate surface area is 119 Å². The molecule has 0 spiro atoms. The zero-order valence-electron chi connectivity index (χ0n) is 12.1. The minimum atomic E-state index is -0.835. The Kier molecular flexibility index (Phi) is 4.65. The van der Waals surface area contributed by atoms with Crippen LogP contribution in [0.2, 0.25) is 0 Å². The number of carboxylic acid groups (broad SMARTS) is 1. The van der Waals surface area contributed by atoms with Gasteiger partial charge in [0.1, 0.15) is 5.75 Å². The average Bonchev–Trinajstić information content (AvgIpc) is 2.48. The summed E-state index contributed by atoms with van der Waals surface area (Å²) in [4.78, 5) is 12.0. The maximum atomic E-state index is 12.0. The summed E-state index contributed by atoms with van der Waals surface area (Å²) in [5.74, 6) is -0.0945. The lowest BCUT2D eigenvalue weighted by Gasteiger charge is -2.36. The molecule has 4 heteroatoms. The maximum absolute atomic E-state index is 12.0. The Balaban J connectivity index is 2.59. The summed E-state index contributed by atoms with van der Waals surface area (Å²) in [6.45, 7) is 0.404. The van der Waals surface area contributed by atoms with Crippen LogP contribution < -0.4 is 4.74 Å². The smallest absolute Gasteiger partial charge is 0.314 e. The fourth-order valence-electron chi connectivity index (χ4n) is 3.29. The van der Waals surface area contributed by atoms with Crippen molar-refractivity contribution in [3.8, 4) is 5.75 Å². The van der Waals surface area contributed by atoms with Crippen LogP contribution >= 0.6 is 0 Å². The first-order chi connectivity index (χ1) is 9.65. The van der Waals surface area contributed by atoms with Gasteiger partial charge in [0.05, 0.1) is 19.1 Å². The van der Waals surface area contributed by atoms with E-state index in [0.717, 1.165) is 30.4 Å². The van der Waals surface area contributed by atoms with E-state index in [1.807, 2.05) is 18.2 Å². The third-order valence-corrected chi connectivity index (χ3v) is 4.23. The first-order valence-corrected chi connectivity index (χ1v) is 7.04. The van der Waals surface area contributed by atoms with Gasteiger partial charge in [-0.15, -0.1) is 0 Å². The third-order valence-electron chi connectivity index (χ3n) is 4.23. The summed E-state index contributed by atoms with van der Waals surface area (Å²) in [7, 11) is 3.21. The Morgan fingerprint density at radius 2 is 1.95 bits per heavy atom. The Morgan fingerprint density at radius 3 is 2.50 bits per heavy atom. The van der Waals surface area contributed by atoms with Crippen molar-refractivity contribution < 1.29 is 19.4 Å². The number of carboxylic acids is 1. The molecule has 1 N–H and O–H groups in total. The van der Waals surface area contributed by atoms with E-state index in [9.17, 15) is 9.90 Å². The van der Waals surface area contributed by atoms with Gasteiger partial charge >= 0.3 is 5.97 Å². The van der Waals surface area contributed by atoms with Gasteiger partial charge in [0.25, 0.3) is 0 Å². The lowest BCUT2D eigenvalue weighted by atomic mass is 9.68. The number of methoxy groups -OCH3 is 2. The molecule has 1 aliphatic rings. The Morgan fingerprint density at radius 1 is 1.25 bits per heavy atom. The van der Waals surface area contributed by atoms with Gasteiger partial charge in [-0.3, -0.25) is 4.79 Å². The summed E-state index contributed by atoms with van der Waals surface area (Å²) >= 11 is 0. The molecule has 110 valence electrons. The van der Waals surface area contributed by atoms with E-state index < -0.39 is 11.4 Å². The highest BCUT2D eigenvalue weighted by molar-refractivity contribution is 5.83. The molecule has 1 fully saturated rings. The molecule has 20 heavy (non-hydrogen) atoms. The first-order valence-electron chi connectivity index (χ1n) is 7.04. The van der Waals surface area contributed by atoms with Crippen molar-refractivity contribution in [3.05, 3.63) is 29.3 Å². The summed E-state index contributed by atoms with van der Waals surface area (Å²) in [6.07, 6.45) is 4.32. The van der Waals surface area contributed by atoms with Crippen molar-refractivity contribution in [2.24, 2.45) is 0 Å². The van der Waals surface area contributed by atoms with E-state index in [4.69, 9.17) is 9.47 Å². The molecular weight excluding hydrogens is 256 g/mol. The topological polar surface area (TPSA) is 55.8 Å². The van der Waals surface area contributed by atoms with Crippen LogP contribution in [-0.4, -0.2) is 25.3 Å². The van der Waals surface area contributed by atoms with Crippen molar-refractivity contribution in [1.82, 2.24) is 0 Å². The Hall–Kier alpha value is -1.55. The molecule has 1 aromatic rings. The predicted molar refractivity (Wildman–Crippen MR) is 76.1 cm³/mol. The molecule has 1 saturated carbocycles. The number of aliphatic carboxylic acids is 1. The largest absolute Gasteiger partial charge is 0.496 e. The van der Waals surface area contributed by atoms with Crippen molar-refractivity contribution in [3.63, 3.8) is 0 Å². The Bertz CT molecular complexity index is 475. The van der Waals surface area contributed by atoms with E-state index >= 15 is 0 Å². The molecule has 0 unspecified atom stereocenters. The van der Waals surface area contributed by atoms with Crippen molar-refractivity contribution in [1.29, 1.82) is 0 Å². The molecule has 1 aromatic carbocycles. The van der Waals surface area contributed by atoms with Crippen LogP contribution in [0, 0.1) is 0 Å². The van der Waals surface area contributed by atoms with Crippen molar-refractivity contribution >= 4 is 5.97 Å². The van der Waals surface area contributed by atoms with Crippen LogP contribution in [0.5, 0.6) is 5.75 Å². The maximum Gasteiger partial charge on any atom is 0.314 e. The summed E-state index contributed by atoms with van der Waals surface area (Å²) < 4.78 is 10.7. The van der Waals surface area contributed by atoms with Gasteiger partial charge in [0.15, 0.2) is 0 Å². The van der Waals surface area contributed by atoms with E-state index in [2.05, 4.69) is 0 Å². The highest BCUT2D eigenvalue weighted by Gasteiger charge is 2.44. The second-order valence-electron chi connectivity index (χ2n) is 5.38. The van der Waals surface area contributed by atoms with Crippen LogP contribution in [0.4, 0.5) is 0 Å². The second-order valence-corrected chi connectivity index (χ2v) is 5.38. The normalized spacial score (nSPS) is 17.7. The number of carbonyl (C=O) groups is 1. The summed E-state index contributed by atoms with van der Waals surface area (Å²) in [5.41, 5.74) is 0.881. The molecule has 0 aliphatic heterocycles. The van der Waals surface area contributed by atoms with Crippen molar-refractivity contribution in [2.45, 2.75) is 44.1 Å². The zero-order valence-corrected chi connectivity index (χ0v) is 12.1. The number of hydrogen-bond acceptors (Lipinski definition) is 3. The first kappa shape index (κ1) is 14.9. The highest BCUT2D eigenvalue weighted by Crippen LogP contribution is 2.45. The molecule has 0 saturated heterocycles. The quantitative estimate of drug-likeness (QED) is 0.899. The van der Waals surface area contributed by atoms with E-state index in [1.54, 1.807) is 14.2 Å². The molecule has 0 amide bonds. The monoisotopic (exact) mass is 278 g/mol. The highest BCUT2D eigenvalue weighted by atomic mass is 16.5. The molecule has 0 aromatic heterocycles. The fourth-order valence-corrected chi connectivity index (χ4v) is 3.29. The molecule has 4 nitrogen and oxygen atoms in total. The van der Waals surface area contributed by atoms with Gasteiger partial charge in [0.2, 0.25) is 0 Å². The summed E-state index contributed by atoms with van der Waals surface area (Å²) in [5, 5.41) is 9.86. The van der Waals surface area contributed by atoms with Gasteiger partial charge in [-0.05, 0) is 24.5 Å². The van der Waals surface area contributed by atoms with Crippen LogP contribution in [-0.2, 0) is 21.6 Å². The number of benzene rings is 1. The second kappa shape index (κ2) is 6.27. The number of rotatable bonds is 5. The molecule has 2 rings (SSSR count). The van der Waals surface area contributed by atoms with E-state index in [0.29, 0.717) is 25.2 Å². The van der Waals surface area contributed by atoms with Crippen LogP contribution in [0.15, 0.2) is 18.2 Å². The van der Waals surface area contributed by atoms with Gasteiger partial charge in [-0.25, -0.2) is 0 Å². The zero-order chi connectivity index (χ0) is 14.6. The molecule has 1 aliphatic carbocycles. The van der Waals surface area contributed by atoms with Crippen LogP contribution in [0.1, 0.15) is 43.2 Å². The third kappa shape index (κ3) is 2.52. The van der Waals surface area contributed by atoms with Crippen LogP contribution in [0.25, 0.3) is 0 Å². The van der Waals surface area contributed by atoms with Crippen molar-refractivity contribution in [2.75, 3.05) is 14.2 Å². The van der Waals surface area contributed by atoms with Crippen LogP contribution in [0.3, 0.4) is 0 Å². The summed E-state index contributed by atoms with van der Waals surface area (Å²) in [6, 6.07) is 5.66. The average molecular weight is 278 g/mol. The molecule has 0 atom stereocenters. The number of ether oxygens (including phenoxy) is 2. The molecule has 0 heterocycles. The lowest BCUT2D eigenvalue weighted by Crippen LogP contribution is -2.39. The molecular formula is C16H22O4. The molecule has 0 bridgehead atoms. The number of hydrogen-bond donors (Lipinski definition) is 1. The lowest BCUT2D eigenvalue weighted by molar-refractivity contribution is -0.145. The van der Waals surface area contributed by atoms with E-state index in [-0.39, 0.29) is 0 Å². The van der Waals surface area contributed by atoms with E-state index in [1.165, 1.54) is 0 Å². The standard InChI is InChI=1S/C16H22O4/c1-19-11-12-7-6-8-13(20-2)14(12)16(15(17)18)9-4-3-5-10-16/h6-8H,3-5,9-11H2,1-2H3,(H,17,18). The fraction of sp³-hybridized carbons (Fsp3) is 0.562. The molecule has 0 radical (unpaired) electrons. The minimum Gasteiger partial charge on any atom is -0.496 e.